The van der Waals surface area contributed by atoms with Crippen molar-refractivity contribution in [2.24, 2.45) is 0 Å². The van der Waals surface area contributed by atoms with Crippen molar-refractivity contribution >= 4 is 31.7 Å². The van der Waals surface area contributed by atoms with E-state index in [0.717, 1.165) is 0 Å². The Balaban J connectivity index is 3.34. The normalized spacial score (nSPS) is 14.8. The number of rotatable bonds is 5. The van der Waals surface area contributed by atoms with Crippen LogP contribution in [0.15, 0.2) is 35.2 Å². The first-order valence-electron chi connectivity index (χ1n) is 5.34. The van der Waals surface area contributed by atoms with Crippen molar-refractivity contribution in [1.82, 2.24) is 0 Å². The average Bonchev–Trinajstić information content (AvgIpc) is 2.38. The molecule has 0 aromatic heterocycles. The smallest absolute Gasteiger partial charge is 0.327 e. The molecule has 0 saturated heterocycles. The van der Waals surface area contributed by atoms with Gasteiger partial charge in [-0.1, -0.05) is 34.1 Å². The Morgan fingerprint density at radius 3 is 2.33 bits per heavy atom. The molecule has 6 heteroatoms. The minimum absolute atomic E-state index is 0.124. The highest BCUT2D eigenvalue weighted by Gasteiger charge is 2.47. The third-order valence-corrected chi connectivity index (χ3v) is 5.68. The van der Waals surface area contributed by atoms with Gasteiger partial charge in [-0.3, -0.25) is 4.79 Å². The lowest BCUT2D eigenvalue weighted by Gasteiger charge is -2.25. The maximum atomic E-state index is 12.5. The Morgan fingerprint density at radius 2 is 1.89 bits per heavy atom. The second-order valence-corrected chi connectivity index (χ2v) is 7.15. The molecule has 1 unspecified atom stereocenters. The summed E-state index contributed by atoms with van der Waals surface area (Å²) in [6.45, 7) is 1.39. The van der Waals surface area contributed by atoms with Crippen LogP contribution in [0.4, 0.5) is 0 Å². The molecule has 0 heterocycles. The summed E-state index contributed by atoms with van der Waals surface area (Å²) < 4.78 is 28.1. The van der Waals surface area contributed by atoms with E-state index in [9.17, 15) is 13.2 Å². The van der Waals surface area contributed by atoms with Crippen LogP contribution in [0.2, 0.25) is 0 Å². The molecule has 18 heavy (non-hydrogen) atoms. The maximum Gasteiger partial charge on any atom is 0.327 e. The summed E-state index contributed by atoms with van der Waals surface area (Å²) in [5.41, 5.74) is 0. The van der Waals surface area contributed by atoms with Gasteiger partial charge >= 0.3 is 5.97 Å². The Labute approximate surface area is 115 Å². The van der Waals surface area contributed by atoms with Gasteiger partial charge in [0.05, 0.1) is 12.0 Å². The molecule has 1 rings (SSSR count). The van der Waals surface area contributed by atoms with Crippen LogP contribution in [0.3, 0.4) is 0 Å². The highest BCUT2D eigenvalue weighted by atomic mass is 79.9. The summed E-state index contributed by atoms with van der Waals surface area (Å²) in [5, 5.41) is 0.394. The molecule has 0 aliphatic heterocycles. The summed E-state index contributed by atoms with van der Waals surface area (Å²) in [5.74, 6) is -0.745. The predicted octanol–water partition coefficient (Wildman–Crippen LogP) is 2.18. The molecular weight excluding hydrogens is 320 g/mol. The second kappa shape index (κ2) is 5.84. The van der Waals surface area contributed by atoms with Gasteiger partial charge in [0.25, 0.3) is 0 Å². The number of carbonyl (C=O) groups is 1. The molecule has 0 radical (unpaired) electrons. The van der Waals surface area contributed by atoms with Crippen molar-refractivity contribution in [3.8, 4) is 0 Å². The third-order valence-electron chi connectivity index (χ3n) is 2.84. The Bertz CT molecular complexity index is 512. The number of halogens is 1. The fourth-order valence-corrected chi connectivity index (χ4v) is 4.37. The molecule has 1 aromatic rings. The van der Waals surface area contributed by atoms with E-state index in [1.54, 1.807) is 18.2 Å². The summed E-state index contributed by atoms with van der Waals surface area (Å²) in [6.07, 6.45) is 0.150. The first-order valence-corrected chi connectivity index (χ1v) is 7.94. The van der Waals surface area contributed by atoms with Crippen molar-refractivity contribution < 1.29 is 17.9 Å². The topological polar surface area (TPSA) is 60.4 Å². The highest BCUT2D eigenvalue weighted by molar-refractivity contribution is 9.09. The van der Waals surface area contributed by atoms with E-state index in [-0.39, 0.29) is 11.3 Å². The van der Waals surface area contributed by atoms with Gasteiger partial charge in [0, 0.05) is 5.33 Å². The number of hydrogen-bond acceptors (Lipinski definition) is 4. The zero-order valence-corrected chi connectivity index (χ0v) is 12.6. The molecule has 1 aromatic carbocycles. The number of esters is 1. The van der Waals surface area contributed by atoms with Crippen molar-refractivity contribution in [2.45, 2.75) is 23.0 Å². The van der Waals surface area contributed by atoms with Gasteiger partial charge in [0.2, 0.25) is 0 Å². The van der Waals surface area contributed by atoms with Gasteiger partial charge in [0.15, 0.2) is 14.6 Å². The molecule has 0 fully saturated rings. The van der Waals surface area contributed by atoms with Crippen molar-refractivity contribution in [1.29, 1.82) is 0 Å². The molecule has 0 saturated carbocycles. The van der Waals surface area contributed by atoms with Crippen LogP contribution in [0.5, 0.6) is 0 Å². The average molecular weight is 335 g/mol. The molecule has 100 valence electrons. The summed E-state index contributed by atoms with van der Waals surface area (Å²) in [4.78, 5) is 11.9. The van der Waals surface area contributed by atoms with E-state index in [1.165, 1.54) is 26.2 Å². The van der Waals surface area contributed by atoms with Crippen LogP contribution >= 0.6 is 15.9 Å². The van der Waals surface area contributed by atoms with Gasteiger partial charge in [-0.2, -0.15) is 0 Å². The number of alkyl halides is 1. The fraction of sp³-hybridized carbons (Fsp3) is 0.417. The third kappa shape index (κ3) is 2.59. The molecule has 4 nitrogen and oxygen atoms in total. The quantitative estimate of drug-likeness (QED) is 0.611. The summed E-state index contributed by atoms with van der Waals surface area (Å²) in [7, 11) is -2.59. The second-order valence-electron chi connectivity index (χ2n) is 3.98. The molecule has 0 N–H and O–H groups in total. The number of hydrogen-bond donors (Lipinski definition) is 0. The number of ether oxygens (including phenoxy) is 1. The number of carbonyl (C=O) groups excluding carboxylic acids is 1. The van der Waals surface area contributed by atoms with E-state index < -0.39 is 20.6 Å². The largest absolute Gasteiger partial charge is 0.468 e. The highest BCUT2D eigenvalue weighted by Crippen LogP contribution is 2.30. The van der Waals surface area contributed by atoms with Crippen molar-refractivity contribution in [3.05, 3.63) is 30.3 Å². The lowest BCUT2D eigenvalue weighted by atomic mass is 10.1. The Kier molecular flexibility index (Phi) is 4.92. The molecule has 0 aliphatic rings. The standard InChI is InChI=1S/C12H15BrO4S/c1-12(8-9-13,11(14)17-2)18(15,16)10-6-4-3-5-7-10/h3-7H,8-9H2,1-2H3. The Hall–Kier alpha value is -0.880. The van der Waals surface area contributed by atoms with Crippen LogP contribution in [-0.2, 0) is 19.4 Å². The zero-order valence-electron chi connectivity index (χ0n) is 10.2. The Morgan fingerprint density at radius 1 is 1.33 bits per heavy atom. The van der Waals surface area contributed by atoms with Gasteiger partial charge < -0.3 is 4.74 Å². The van der Waals surface area contributed by atoms with E-state index in [4.69, 9.17) is 0 Å². The zero-order chi connectivity index (χ0) is 13.8. The monoisotopic (exact) mass is 334 g/mol. The predicted molar refractivity (Wildman–Crippen MR) is 72.5 cm³/mol. The van der Waals surface area contributed by atoms with Gasteiger partial charge in [-0.25, -0.2) is 8.42 Å². The lowest BCUT2D eigenvalue weighted by molar-refractivity contribution is -0.143. The van der Waals surface area contributed by atoms with Crippen LogP contribution in [-0.4, -0.2) is 31.6 Å². The molecular formula is C12H15BrO4S. The van der Waals surface area contributed by atoms with Gasteiger partial charge in [-0.15, -0.1) is 0 Å². The van der Waals surface area contributed by atoms with E-state index in [2.05, 4.69) is 20.7 Å². The SMILES string of the molecule is COC(=O)C(C)(CCBr)S(=O)(=O)c1ccccc1. The van der Waals surface area contributed by atoms with Crippen molar-refractivity contribution in [3.63, 3.8) is 0 Å². The lowest BCUT2D eigenvalue weighted by Crippen LogP contribution is -2.44. The van der Waals surface area contributed by atoms with Crippen molar-refractivity contribution in [2.75, 3.05) is 12.4 Å². The van der Waals surface area contributed by atoms with Crippen LogP contribution in [0, 0.1) is 0 Å². The molecule has 0 bridgehead atoms. The van der Waals surface area contributed by atoms with Crippen LogP contribution < -0.4 is 0 Å². The first-order chi connectivity index (χ1) is 8.40. The first kappa shape index (κ1) is 15.2. The number of benzene rings is 1. The fourth-order valence-electron chi connectivity index (χ4n) is 1.60. The minimum Gasteiger partial charge on any atom is -0.468 e. The van der Waals surface area contributed by atoms with Crippen LogP contribution in [0.1, 0.15) is 13.3 Å². The molecule has 0 amide bonds. The van der Waals surface area contributed by atoms with E-state index >= 15 is 0 Å². The maximum absolute atomic E-state index is 12.5. The van der Waals surface area contributed by atoms with Gasteiger partial charge in [-0.05, 0) is 25.5 Å². The minimum atomic E-state index is -3.78. The van der Waals surface area contributed by atoms with E-state index in [1.807, 2.05) is 0 Å². The number of sulfone groups is 1. The number of methoxy groups -OCH3 is 1. The van der Waals surface area contributed by atoms with E-state index in [0.29, 0.717) is 5.33 Å². The summed E-state index contributed by atoms with van der Waals surface area (Å²) >= 11 is 3.18. The molecule has 0 aliphatic carbocycles. The molecule has 1 atom stereocenters. The molecule has 0 spiro atoms. The van der Waals surface area contributed by atoms with Gasteiger partial charge in [0.1, 0.15) is 0 Å². The van der Waals surface area contributed by atoms with Crippen LogP contribution in [0.25, 0.3) is 0 Å². The summed E-state index contributed by atoms with van der Waals surface area (Å²) in [6, 6.07) is 7.92.